The van der Waals surface area contributed by atoms with Gasteiger partial charge in [-0.1, -0.05) is 0 Å². The summed E-state index contributed by atoms with van der Waals surface area (Å²) in [6.45, 7) is 0.938. The van der Waals surface area contributed by atoms with Crippen LogP contribution < -0.4 is 5.32 Å². The van der Waals surface area contributed by atoms with Gasteiger partial charge in [-0.3, -0.25) is 4.79 Å². The third kappa shape index (κ3) is 3.92. The van der Waals surface area contributed by atoms with Crippen molar-refractivity contribution in [1.82, 2.24) is 24.8 Å². The fourth-order valence-electron chi connectivity index (χ4n) is 2.38. The van der Waals surface area contributed by atoms with Gasteiger partial charge in [0.05, 0.1) is 12.7 Å². The number of ether oxygens (including phenoxy) is 1. The molecule has 3 rings (SSSR count). The molecule has 0 radical (unpaired) electrons. The molecule has 132 valence electrons. The van der Waals surface area contributed by atoms with Crippen molar-refractivity contribution in [2.75, 3.05) is 13.7 Å². The number of benzene rings is 1. The molecule has 0 bridgehead atoms. The Balaban J connectivity index is 1.58. The Bertz CT molecular complexity index is 891. The van der Waals surface area contributed by atoms with E-state index in [4.69, 9.17) is 0 Å². The van der Waals surface area contributed by atoms with Gasteiger partial charge in [-0.25, -0.2) is 19.7 Å². The van der Waals surface area contributed by atoms with Crippen molar-refractivity contribution in [2.24, 2.45) is 0 Å². The van der Waals surface area contributed by atoms with Crippen molar-refractivity contribution in [2.45, 2.75) is 6.54 Å². The number of amides is 1. The Kier molecular flexibility index (Phi) is 5.33. The third-order valence-corrected chi connectivity index (χ3v) is 3.69. The molecule has 0 aliphatic carbocycles. The van der Waals surface area contributed by atoms with Gasteiger partial charge in [0.25, 0.3) is 5.91 Å². The highest BCUT2D eigenvalue weighted by molar-refractivity contribution is 5.96. The fraction of sp³-hybridized carbons (Fsp3) is 0.167. The molecule has 0 spiro atoms. The number of aromatic nitrogens is 4. The molecule has 1 aromatic carbocycles. The van der Waals surface area contributed by atoms with Crippen molar-refractivity contribution in [1.29, 1.82) is 0 Å². The van der Waals surface area contributed by atoms with Crippen LogP contribution in [0.1, 0.15) is 20.7 Å². The summed E-state index contributed by atoms with van der Waals surface area (Å²) >= 11 is 0. The van der Waals surface area contributed by atoms with Gasteiger partial charge in [-0.15, -0.1) is 0 Å². The number of hydrogen-bond donors (Lipinski definition) is 1. The summed E-state index contributed by atoms with van der Waals surface area (Å²) in [6, 6.07) is 8.02. The summed E-state index contributed by atoms with van der Waals surface area (Å²) in [5, 5.41) is 2.83. The summed E-state index contributed by atoms with van der Waals surface area (Å²) in [5.41, 5.74) is 0.866. The average Bonchev–Trinajstić information content (AvgIpc) is 3.16. The van der Waals surface area contributed by atoms with E-state index in [2.05, 4.69) is 25.0 Å². The van der Waals surface area contributed by atoms with E-state index in [-0.39, 0.29) is 5.91 Å². The second kappa shape index (κ2) is 8.02. The summed E-state index contributed by atoms with van der Waals surface area (Å²) in [4.78, 5) is 36.2. The first kappa shape index (κ1) is 17.3. The number of nitrogens with one attached hydrogen (secondary N) is 1. The highest BCUT2D eigenvalue weighted by atomic mass is 16.5. The number of esters is 1. The molecule has 0 fully saturated rings. The molecule has 2 aromatic heterocycles. The van der Waals surface area contributed by atoms with Crippen LogP contribution in [-0.2, 0) is 11.3 Å². The van der Waals surface area contributed by atoms with Crippen LogP contribution in [0.25, 0.3) is 11.6 Å². The molecule has 1 amide bonds. The van der Waals surface area contributed by atoms with E-state index in [0.29, 0.717) is 35.9 Å². The van der Waals surface area contributed by atoms with Gasteiger partial charge >= 0.3 is 5.97 Å². The molecule has 2 heterocycles. The number of methoxy groups -OCH3 is 1. The maximum Gasteiger partial charge on any atom is 0.337 e. The predicted octanol–water partition coefficient (Wildman–Crippen LogP) is 1.56. The maximum absolute atomic E-state index is 12.2. The first-order valence-electron chi connectivity index (χ1n) is 7.94. The van der Waals surface area contributed by atoms with Crippen molar-refractivity contribution >= 4 is 11.9 Å². The van der Waals surface area contributed by atoms with Gasteiger partial charge in [0.1, 0.15) is 0 Å². The standard InChI is InChI=1S/C18H17N5O3/c1-26-18(25)14-5-3-13(4-6-14)17(24)22-10-12-23-11-9-21-16(23)15-19-7-2-8-20-15/h2-9,11H,10,12H2,1H3,(H,22,24). The normalized spacial score (nSPS) is 10.3. The topological polar surface area (TPSA) is 99.0 Å². The number of hydrogen-bond acceptors (Lipinski definition) is 6. The fourth-order valence-corrected chi connectivity index (χ4v) is 2.38. The first-order chi connectivity index (χ1) is 12.7. The number of rotatable bonds is 6. The summed E-state index contributed by atoms with van der Waals surface area (Å²) in [7, 11) is 1.31. The van der Waals surface area contributed by atoms with E-state index in [1.54, 1.807) is 48.9 Å². The minimum atomic E-state index is -0.437. The summed E-state index contributed by atoms with van der Waals surface area (Å²) in [5.74, 6) is 0.510. The minimum Gasteiger partial charge on any atom is -0.465 e. The van der Waals surface area contributed by atoms with Gasteiger partial charge in [0.2, 0.25) is 0 Å². The molecule has 0 aliphatic rings. The second-order valence-corrected chi connectivity index (χ2v) is 5.34. The molecule has 0 unspecified atom stereocenters. The SMILES string of the molecule is COC(=O)c1ccc(C(=O)NCCn2ccnc2-c2ncccn2)cc1. The van der Waals surface area contributed by atoms with Crippen LogP contribution in [0.2, 0.25) is 0 Å². The largest absolute Gasteiger partial charge is 0.465 e. The molecule has 8 heteroatoms. The molecule has 1 N–H and O–H groups in total. The van der Waals surface area contributed by atoms with Crippen LogP contribution in [0.15, 0.2) is 55.1 Å². The smallest absolute Gasteiger partial charge is 0.337 e. The summed E-state index contributed by atoms with van der Waals surface area (Å²) in [6.07, 6.45) is 6.78. The van der Waals surface area contributed by atoms with Gasteiger partial charge in [0, 0.05) is 43.4 Å². The lowest BCUT2D eigenvalue weighted by Crippen LogP contribution is -2.27. The highest BCUT2D eigenvalue weighted by Crippen LogP contribution is 2.11. The molecular weight excluding hydrogens is 334 g/mol. The first-order valence-corrected chi connectivity index (χ1v) is 7.94. The molecule has 0 aliphatic heterocycles. The molecule has 3 aromatic rings. The van der Waals surface area contributed by atoms with Crippen molar-refractivity contribution < 1.29 is 14.3 Å². The van der Waals surface area contributed by atoms with E-state index in [1.165, 1.54) is 7.11 Å². The quantitative estimate of drug-likeness (QED) is 0.677. The predicted molar refractivity (Wildman–Crippen MR) is 93.4 cm³/mol. The molecule has 8 nitrogen and oxygen atoms in total. The Morgan fingerprint density at radius 3 is 2.42 bits per heavy atom. The van der Waals surface area contributed by atoms with E-state index >= 15 is 0 Å². The summed E-state index contributed by atoms with van der Waals surface area (Å²) < 4.78 is 6.50. The van der Waals surface area contributed by atoms with Gasteiger partial charge in [-0.05, 0) is 30.3 Å². The van der Waals surface area contributed by atoms with Crippen LogP contribution in [0.3, 0.4) is 0 Å². The maximum atomic E-state index is 12.2. The van der Waals surface area contributed by atoms with Gasteiger partial charge in [-0.2, -0.15) is 0 Å². The second-order valence-electron chi connectivity index (χ2n) is 5.34. The van der Waals surface area contributed by atoms with E-state index in [0.717, 1.165) is 0 Å². The van der Waals surface area contributed by atoms with Crippen molar-refractivity contribution in [3.63, 3.8) is 0 Å². The molecular formula is C18H17N5O3. The Morgan fingerprint density at radius 1 is 1.04 bits per heavy atom. The van der Waals surface area contributed by atoms with E-state index in [1.807, 2.05) is 10.8 Å². The van der Waals surface area contributed by atoms with Crippen LogP contribution in [0.5, 0.6) is 0 Å². The number of carbonyl (C=O) groups is 2. The molecule has 0 saturated heterocycles. The van der Waals surface area contributed by atoms with Crippen molar-refractivity contribution in [3.05, 3.63) is 66.2 Å². The average molecular weight is 351 g/mol. The third-order valence-electron chi connectivity index (χ3n) is 3.69. The minimum absolute atomic E-state index is 0.223. The molecule has 0 atom stereocenters. The lowest BCUT2D eigenvalue weighted by molar-refractivity contribution is 0.0600. The van der Waals surface area contributed by atoms with Crippen LogP contribution >= 0.6 is 0 Å². The zero-order valence-corrected chi connectivity index (χ0v) is 14.1. The Morgan fingerprint density at radius 2 is 1.73 bits per heavy atom. The monoisotopic (exact) mass is 351 g/mol. The van der Waals surface area contributed by atoms with Gasteiger partial charge in [0.15, 0.2) is 11.6 Å². The van der Waals surface area contributed by atoms with Crippen LogP contribution in [0.4, 0.5) is 0 Å². The molecule has 26 heavy (non-hydrogen) atoms. The number of nitrogens with zero attached hydrogens (tertiary/aromatic N) is 4. The lowest BCUT2D eigenvalue weighted by atomic mass is 10.1. The van der Waals surface area contributed by atoms with E-state index < -0.39 is 5.97 Å². The Labute approximate surface area is 149 Å². The number of imidazole rings is 1. The molecule has 0 saturated carbocycles. The van der Waals surface area contributed by atoms with Crippen LogP contribution in [-0.4, -0.2) is 45.1 Å². The lowest BCUT2D eigenvalue weighted by Gasteiger charge is -2.09. The zero-order valence-electron chi connectivity index (χ0n) is 14.1. The zero-order chi connectivity index (χ0) is 18.4. The Hall–Kier alpha value is -3.55. The number of carbonyl (C=O) groups excluding carboxylic acids is 2. The van der Waals surface area contributed by atoms with Crippen molar-refractivity contribution in [3.8, 4) is 11.6 Å². The van der Waals surface area contributed by atoms with Gasteiger partial charge < -0.3 is 14.6 Å². The highest BCUT2D eigenvalue weighted by Gasteiger charge is 2.10. The van der Waals surface area contributed by atoms with Crippen LogP contribution in [0, 0.1) is 0 Å². The van der Waals surface area contributed by atoms with E-state index in [9.17, 15) is 9.59 Å².